The minimum atomic E-state index is 1.06. The summed E-state index contributed by atoms with van der Waals surface area (Å²) in [6.45, 7) is 0. The molecule has 13 heavy (non-hydrogen) atoms. The molecule has 2 aromatic heterocycles. The van der Waals surface area contributed by atoms with Gasteiger partial charge in [0, 0.05) is 27.9 Å². The molecule has 0 amide bonds. The van der Waals surface area contributed by atoms with Crippen LogP contribution in [0.4, 0.5) is 0 Å². The Morgan fingerprint density at radius 2 is 2.15 bits per heavy atom. The molecule has 0 aliphatic carbocycles. The molecule has 3 rings (SSSR count). The van der Waals surface area contributed by atoms with Crippen molar-refractivity contribution in [3.8, 4) is 0 Å². The van der Waals surface area contributed by atoms with Crippen LogP contribution in [0.5, 0.6) is 0 Å². The molecule has 0 spiro atoms. The van der Waals surface area contributed by atoms with Crippen LogP contribution in [-0.4, -0.2) is 9.97 Å². The van der Waals surface area contributed by atoms with Crippen molar-refractivity contribution in [2.75, 3.05) is 0 Å². The highest BCUT2D eigenvalue weighted by Crippen LogP contribution is 2.26. The first-order valence-corrected chi connectivity index (χ1v) is 4.89. The normalized spacial score (nSPS) is 11.1. The van der Waals surface area contributed by atoms with E-state index in [-0.39, 0.29) is 0 Å². The molecule has 0 radical (unpaired) electrons. The Bertz CT molecular complexity index is 571. The van der Waals surface area contributed by atoms with Gasteiger partial charge in [-0.05, 0) is 18.2 Å². The topological polar surface area (TPSA) is 25.8 Å². The van der Waals surface area contributed by atoms with E-state index in [4.69, 9.17) is 0 Å². The van der Waals surface area contributed by atoms with Crippen LogP contribution in [0, 0.1) is 0 Å². The fraction of sp³-hybridized carbons (Fsp3) is 0. The summed E-state index contributed by atoms with van der Waals surface area (Å²) < 4.78 is 1.27. The number of benzene rings is 1. The molecule has 62 valence electrons. The number of aromatic nitrogens is 2. The van der Waals surface area contributed by atoms with Gasteiger partial charge in [0.1, 0.15) is 0 Å². The van der Waals surface area contributed by atoms with E-state index in [9.17, 15) is 0 Å². The molecule has 0 atom stereocenters. The third-order valence-corrected chi connectivity index (χ3v) is 3.02. The molecular weight excluding hydrogens is 180 g/mol. The largest absolute Gasteiger partial charge is 0.256 e. The molecule has 3 heteroatoms. The molecule has 1 aromatic carbocycles. The minimum Gasteiger partial charge on any atom is -0.256 e. The van der Waals surface area contributed by atoms with E-state index < -0.39 is 0 Å². The second-order valence-electron chi connectivity index (χ2n) is 2.86. The summed E-state index contributed by atoms with van der Waals surface area (Å²) >= 11 is 1.66. The van der Waals surface area contributed by atoms with Crippen LogP contribution in [0.15, 0.2) is 36.1 Å². The zero-order valence-corrected chi connectivity index (χ0v) is 7.58. The first kappa shape index (κ1) is 6.97. The number of hydrogen-bond donors (Lipinski definition) is 0. The fourth-order valence-electron chi connectivity index (χ4n) is 1.50. The molecule has 0 saturated heterocycles. The quantitative estimate of drug-likeness (QED) is 0.539. The van der Waals surface area contributed by atoms with E-state index in [0.29, 0.717) is 0 Å². The standard InChI is InChI=1S/C10H6N2S/c1-2-9-8(3-4-12-9)10-7(1)5-11-6-13-10/h1-6H. The van der Waals surface area contributed by atoms with Crippen molar-refractivity contribution in [2.24, 2.45) is 0 Å². The van der Waals surface area contributed by atoms with Crippen molar-refractivity contribution in [2.45, 2.75) is 0 Å². The number of fused-ring (bicyclic) bond motifs is 3. The number of hydrogen-bond acceptors (Lipinski definition) is 3. The van der Waals surface area contributed by atoms with Gasteiger partial charge >= 0.3 is 0 Å². The van der Waals surface area contributed by atoms with Gasteiger partial charge in [-0.3, -0.25) is 9.97 Å². The van der Waals surface area contributed by atoms with Gasteiger partial charge in [-0.15, -0.1) is 11.3 Å². The number of nitrogens with zero attached hydrogens (tertiary/aromatic N) is 2. The van der Waals surface area contributed by atoms with Gasteiger partial charge in [0.2, 0.25) is 0 Å². The van der Waals surface area contributed by atoms with Crippen molar-refractivity contribution < 1.29 is 0 Å². The molecule has 0 bridgehead atoms. The molecule has 3 aromatic rings. The second kappa shape index (κ2) is 2.50. The molecule has 0 fully saturated rings. The zero-order chi connectivity index (χ0) is 8.67. The predicted octanol–water partition coefficient (Wildman–Crippen LogP) is 2.84. The zero-order valence-electron chi connectivity index (χ0n) is 6.77. The molecular formula is C10H6N2S. The van der Waals surface area contributed by atoms with Crippen molar-refractivity contribution in [1.29, 1.82) is 0 Å². The van der Waals surface area contributed by atoms with Crippen molar-refractivity contribution in [1.82, 2.24) is 9.97 Å². The van der Waals surface area contributed by atoms with E-state index >= 15 is 0 Å². The van der Waals surface area contributed by atoms with Gasteiger partial charge in [-0.2, -0.15) is 0 Å². The van der Waals surface area contributed by atoms with Gasteiger partial charge in [0.05, 0.1) is 11.0 Å². The lowest BCUT2D eigenvalue weighted by atomic mass is 10.2. The Hall–Kier alpha value is -1.48. The van der Waals surface area contributed by atoms with Gasteiger partial charge in [-0.25, -0.2) is 0 Å². The summed E-state index contributed by atoms with van der Waals surface area (Å²) in [6, 6.07) is 6.15. The molecule has 0 saturated carbocycles. The summed E-state index contributed by atoms with van der Waals surface area (Å²) in [4.78, 5) is 8.36. The lowest BCUT2D eigenvalue weighted by molar-refractivity contribution is 1.42. The summed E-state index contributed by atoms with van der Waals surface area (Å²) in [5.41, 5.74) is 2.92. The van der Waals surface area contributed by atoms with Crippen molar-refractivity contribution in [3.05, 3.63) is 36.1 Å². The second-order valence-corrected chi connectivity index (χ2v) is 3.72. The highest BCUT2D eigenvalue weighted by atomic mass is 32.1. The van der Waals surface area contributed by atoms with Crippen LogP contribution in [0.3, 0.4) is 0 Å². The lowest BCUT2D eigenvalue weighted by Gasteiger charge is -1.95. The minimum absolute atomic E-state index is 1.06. The van der Waals surface area contributed by atoms with Gasteiger partial charge in [0.15, 0.2) is 0 Å². The van der Waals surface area contributed by atoms with E-state index in [1.54, 1.807) is 11.3 Å². The van der Waals surface area contributed by atoms with E-state index in [0.717, 1.165) is 5.52 Å². The van der Waals surface area contributed by atoms with E-state index in [1.165, 1.54) is 15.5 Å². The Labute approximate surface area is 78.9 Å². The highest BCUT2D eigenvalue weighted by molar-refractivity contribution is 7.17. The maximum Gasteiger partial charge on any atom is 0.0797 e. The third kappa shape index (κ3) is 0.939. The van der Waals surface area contributed by atoms with E-state index in [1.807, 2.05) is 30.0 Å². The van der Waals surface area contributed by atoms with Crippen LogP contribution < -0.4 is 0 Å². The first-order chi connectivity index (χ1) is 6.45. The van der Waals surface area contributed by atoms with E-state index in [2.05, 4.69) is 16.0 Å². The van der Waals surface area contributed by atoms with Crippen molar-refractivity contribution in [3.63, 3.8) is 0 Å². The van der Waals surface area contributed by atoms with Crippen LogP contribution in [0.25, 0.3) is 21.0 Å². The molecule has 0 aliphatic heterocycles. The monoisotopic (exact) mass is 186 g/mol. The van der Waals surface area contributed by atoms with Crippen molar-refractivity contribution >= 4 is 32.3 Å². The summed E-state index contributed by atoms with van der Waals surface area (Å²) in [7, 11) is 0. The Morgan fingerprint density at radius 1 is 1.15 bits per heavy atom. The molecule has 0 aliphatic rings. The molecule has 2 nitrogen and oxygen atoms in total. The van der Waals surface area contributed by atoms with Crippen LogP contribution in [0.1, 0.15) is 0 Å². The SMILES string of the molecule is c1cc2c(ccc3cncsc32)n1. The smallest absolute Gasteiger partial charge is 0.0797 e. The van der Waals surface area contributed by atoms with Crippen LogP contribution in [-0.2, 0) is 0 Å². The third-order valence-electron chi connectivity index (χ3n) is 2.10. The highest BCUT2D eigenvalue weighted by Gasteiger charge is 2.00. The Balaban J connectivity index is 2.65. The summed E-state index contributed by atoms with van der Waals surface area (Å²) in [5.74, 6) is 0. The maximum absolute atomic E-state index is 4.26. The van der Waals surface area contributed by atoms with Gasteiger partial charge in [-0.1, -0.05) is 0 Å². The predicted molar refractivity (Wildman–Crippen MR) is 54.9 cm³/mol. The Morgan fingerprint density at radius 3 is 3.15 bits per heavy atom. The maximum atomic E-state index is 4.26. The summed E-state index contributed by atoms with van der Waals surface area (Å²) in [6.07, 6.45) is 3.73. The number of rotatable bonds is 0. The van der Waals surface area contributed by atoms with Crippen LogP contribution in [0.2, 0.25) is 0 Å². The molecule has 0 unspecified atom stereocenters. The lowest BCUT2D eigenvalue weighted by Crippen LogP contribution is -1.72. The van der Waals surface area contributed by atoms with Crippen LogP contribution >= 0.6 is 11.3 Å². The average molecular weight is 186 g/mol. The van der Waals surface area contributed by atoms with Gasteiger partial charge < -0.3 is 0 Å². The molecule has 0 N–H and O–H groups in total. The Kier molecular flexibility index (Phi) is 1.34. The first-order valence-electron chi connectivity index (χ1n) is 4.01. The average Bonchev–Trinajstić information content (AvgIpc) is 2.65. The molecule has 2 heterocycles. The summed E-state index contributed by atoms with van der Waals surface area (Å²) in [5, 5.41) is 2.41. The fourth-order valence-corrected chi connectivity index (χ4v) is 2.28. The van der Waals surface area contributed by atoms with Gasteiger partial charge in [0.25, 0.3) is 0 Å².